The number of nitrogen functional groups attached to an aromatic ring is 3. The first kappa shape index (κ1) is 8.71. The summed E-state index contributed by atoms with van der Waals surface area (Å²) in [6, 6.07) is 0. The first-order valence-corrected chi connectivity index (χ1v) is 3.87. The van der Waals surface area contributed by atoms with Gasteiger partial charge in [-0.15, -0.1) is 0 Å². The van der Waals surface area contributed by atoms with Crippen LogP contribution >= 0.6 is 0 Å². The minimum Gasteiger partial charge on any atom is -0.397 e. The van der Waals surface area contributed by atoms with Crippen LogP contribution in [-0.4, -0.2) is 0 Å². The molecule has 0 atom stereocenters. The van der Waals surface area contributed by atoms with Crippen molar-refractivity contribution < 1.29 is 0 Å². The first-order chi connectivity index (χ1) is 5.46. The summed E-state index contributed by atoms with van der Waals surface area (Å²) in [6.45, 7) is 5.90. The highest BCUT2D eigenvalue weighted by molar-refractivity contribution is 5.83. The second kappa shape index (κ2) is 2.59. The third-order valence-corrected chi connectivity index (χ3v) is 2.51. The first-order valence-electron chi connectivity index (χ1n) is 3.87. The van der Waals surface area contributed by atoms with E-state index < -0.39 is 0 Å². The van der Waals surface area contributed by atoms with E-state index in [1.807, 2.05) is 20.8 Å². The molecule has 1 rings (SSSR count). The summed E-state index contributed by atoms with van der Waals surface area (Å²) >= 11 is 0. The Morgan fingerprint density at radius 1 is 0.583 bits per heavy atom. The van der Waals surface area contributed by atoms with E-state index in [1.165, 1.54) is 0 Å². The highest BCUT2D eigenvalue weighted by Gasteiger charge is 2.10. The van der Waals surface area contributed by atoms with Crippen molar-refractivity contribution >= 4 is 17.1 Å². The Bertz CT molecular complexity index is 224. The fraction of sp³-hybridized carbons (Fsp3) is 0.333. The third kappa shape index (κ3) is 0.978. The van der Waals surface area contributed by atoms with Crippen molar-refractivity contribution in [3.63, 3.8) is 0 Å². The Balaban J connectivity index is 3.60. The molecular formula is C9H15N3. The van der Waals surface area contributed by atoms with Crippen molar-refractivity contribution in [2.45, 2.75) is 20.8 Å². The van der Waals surface area contributed by atoms with E-state index in [2.05, 4.69) is 0 Å². The molecular weight excluding hydrogens is 150 g/mol. The monoisotopic (exact) mass is 165 g/mol. The molecule has 3 heteroatoms. The average molecular weight is 165 g/mol. The van der Waals surface area contributed by atoms with Crippen molar-refractivity contribution in [1.29, 1.82) is 0 Å². The van der Waals surface area contributed by atoms with Crippen LogP contribution in [0.25, 0.3) is 0 Å². The van der Waals surface area contributed by atoms with Crippen LogP contribution in [0.4, 0.5) is 17.1 Å². The van der Waals surface area contributed by atoms with E-state index in [4.69, 9.17) is 17.2 Å². The Labute approximate surface area is 72.5 Å². The van der Waals surface area contributed by atoms with Crippen molar-refractivity contribution in [3.8, 4) is 0 Å². The van der Waals surface area contributed by atoms with Gasteiger partial charge in [0.25, 0.3) is 0 Å². The minimum atomic E-state index is 0.510. The molecule has 66 valence electrons. The fourth-order valence-electron chi connectivity index (χ4n) is 1.23. The predicted molar refractivity (Wildman–Crippen MR) is 53.9 cm³/mol. The van der Waals surface area contributed by atoms with Gasteiger partial charge >= 0.3 is 0 Å². The van der Waals surface area contributed by atoms with Gasteiger partial charge in [0, 0.05) is 0 Å². The van der Waals surface area contributed by atoms with E-state index in [9.17, 15) is 0 Å². The van der Waals surface area contributed by atoms with Crippen LogP contribution in [0.1, 0.15) is 16.7 Å². The summed E-state index contributed by atoms with van der Waals surface area (Å²) in [6.07, 6.45) is 0. The van der Waals surface area contributed by atoms with Gasteiger partial charge in [0.15, 0.2) is 0 Å². The maximum Gasteiger partial charge on any atom is 0.0786 e. The maximum atomic E-state index is 5.75. The van der Waals surface area contributed by atoms with Crippen LogP contribution in [0, 0.1) is 20.8 Å². The van der Waals surface area contributed by atoms with Gasteiger partial charge in [-0.2, -0.15) is 0 Å². The molecule has 0 aliphatic rings. The van der Waals surface area contributed by atoms with Gasteiger partial charge in [-0.05, 0) is 37.5 Å². The molecule has 12 heavy (non-hydrogen) atoms. The van der Waals surface area contributed by atoms with E-state index in [-0.39, 0.29) is 0 Å². The van der Waals surface area contributed by atoms with E-state index in [1.54, 1.807) is 0 Å². The number of hydrogen-bond donors (Lipinski definition) is 3. The molecule has 0 radical (unpaired) electrons. The van der Waals surface area contributed by atoms with Gasteiger partial charge in [-0.1, -0.05) is 0 Å². The quantitative estimate of drug-likeness (QED) is 0.508. The SMILES string of the molecule is Cc1c(C)c(N)c(N)c(N)c1C. The standard InChI is InChI=1S/C9H15N3/c1-4-5(2)7(10)9(12)8(11)6(4)3/h10-12H2,1-3H3. The molecule has 6 N–H and O–H groups in total. The van der Waals surface area contributed by atoms with Gasteiger partial charge in [0.2, 0.25) is 0 Å². The lowest BCUT2D eigenvalue weighted by Crippen LogP contribution is -2.06. The van der Waals surface area contributed by atoms with Crippen LogP contribution in [0.2, 0.25) is 0 Å². The van der Waals surface area contributed by atoms with Gasteiger partial charge in [0.05, 0.1) is 17.1 Å². The molecule has 0 spiro atoms. The summed E-state index contributed by atoms with van der Waals surface area (Å²) in [4.78, 5) is 0. The Morgan fingerprint density at radius 2 is 0.917 bits per heavy atom. The van der Waals surface area contributed by atoms with Crippen LogP contribution in [-0.2, 0) is 0 Å². The molecule has 1 aromatic rings. The van der Waals surface area contributed by atoms with Crippen molar-refractivity contribution in [3.05, 3.63) is 16.7 Å². The molecule has 0 fully saturated rings. The van der Waals surface area contributed by atoms with Crippen LogP contribution < -0.4 is 17.2 Å². The number of hydrogen-bond acceptors (Lipinski definition) is 3. The molecule has 0 aliphatic heterocycles. The maximum absolute atomic E-state index is 5.75. The summed E-state index contributed by atoms with van der Waals surface area (Å²) < 4.78 is 0. The molecule has 0 aliphatic carbocycles. The van der Waals surface area contributed by atoms with Crippen LogP contribution in [0.5, 0.6) is 0 Å². The smallest absolute Gasteiger partial charge is 0.0786 e. The lowest BCUT2D eigenvalue weighted by Gasteiger charge is -2.14. The van der Waals surface area contributed by atoms with Crippen molar-refractivity contribution in [2.75, 3.05) is 17.2 Å². The summed E-state index contributed by atoms with van der Waals surface area (Å²) in [5, 5.41) is 0. The molecule has 0 bridgehead atoms. The third-order valence-electron chi connectivity index (χ3n) is 2.51. The molecule has 0 aromatic heterocycles. The molecule has 0 saturated heterocycles. The van der Waals surface area contributed by atoms with Crippen molar-refractivity contribution in [1.82, 2.24) is 0 Å². The molecule has 0 unspecified atom stereocenters. The van der Waals surface area contributed by atoms with Gasteiger partial charge < -0.3 is 17.2 Å². The lowest BCUT2D eigenvalue weighted by atomic mass is 9.99. The number of benzene rings is 1. The van der Waals surface area contributed by atoms with E-state index in [0.29, 0.717) is 17.1 Å². The molecule has 0 heterocycles. The largest absolute Gasteiger partial charge is 0.397 e. The Kier molecular flexibility index (Phi) is 1.88. The van der Waals surface area contributed by atoms with Crippen molar-refractivity contribution in [2.24, 2.45) is 0 Å². The minimum absolute atomic E-state index is 0.510. The predicted octanol–water partition coefficient (Wildman–Crippen LogP) is 1.36. The van der Waals surface area contributed by atoms with Gasteiger partial charge in [-0.25, -0.2) is 0 Å². The van der Waals surface area contributed by atoms with Gasteiger partial charge in [0.1, 0.15) is 0 Å². The molecule has 0 amide bonds. The van der Waals surface area contributed by atoms with E-state index in [0.717, 1.165) is 16.7 Å². The number of anilines is 3. The van der Waals surface area contributed by atoms with Gasteiger partial charge in [-0.3, -0.25) is 0 Å². The second-order valence-electron chi connectivity index (χ2n) is 3.12. The number of nitrogens with two attached hydrogens (primary N) is 3. The Hall–Kier alpha value is -1.38. The van der Waals surface area contributed by atoms with E-state index >= 15 is 0 Å². The lowest BCUT2D eigenvalue weighted by molar-refractivity contribution is 1.28. The second-order valence-corrected chi connectivity index (χ2v) is 3.12. The zero-order chi connectivity index (χ0) is 9.46. The zero-order valence-corrected chi connectivity index (χ0v) is 7.73. The normalized spacial score (nSPS) is 10.2. The summed E-state index contributed by atoms with van der Waals surface area (Å²) in [7, 11) is 0. The Morgan fingerprint density at radius 3 is 1.25 bits per heavy atom. The highest BCUT2D eigenvalue weighted by Crippen LogP contribution is 2.32. The van der Waals surface area contributed by atoms with Crippen LogP contribution in [0.3, 0.4) is 0 Å². The molecule has 1 aromatic carbocycles. The summed E-state index contributed by atoms with van der Waals surface area (Å²) in [5.74, 6) is 0. The van der Waals surface area contributed by atoms with Crippen LogP contribution in [0.15, 0.2) is 0 Å². The fourth-order valence-corrected chi connectivity index (χ4v) is 1.23. The molecule has 3 nitrogen and oxygen atoms in total. The highest BCUT2D eigenvalue weighted by atomic mass is 14.7. The average Bonchev–Trinajstić information content (AvgIpc) is 2.08. The number of rotatable bonds is 0. The molecule has 0 saturated carbocycles. The topological polar surface area (TPSA) is 78.1 Å². The zero-order valence-electron chi connectivity index (χ0n) is 7.73. The summed E-state index contributed by atoms with van der Waals surface area (Å²) in [5.41, 5.74) is 22.1.